The summed E-state index contributed by atoms with van der Waals surface area (Å²) in [5.74, 6) is -1.37. The van der Waals surface area contributed by atoms with E-state index in [4.69, 9.17) is 0 Å². The molecule has 0 amide bonds. The zero-order chi connectivity index (χ0) is 22.3. The molecule has 0 spiro atoms. The Hall–Kier alpha value is -4.22. The monoisotopic (exact) mass is 419 g/mol. The summed E-state index contributed by atoms with van der Waals surface area (Å²) in [6.45, 7) is 0. The van der Waals surface area contributed by atoms with Gasteiger partial charge in [-0.25, -0.2) is 4.39 Å². The van der Waals surface area contributed by atoms with Crippen molar-refractivity contribution in [3.63, 3.8) is 0 Å². The first-order chi connectivity index (χ1) is 15.6. The first kappa shape index (κ1) is 19.7. The molecule has 0 saturated carbocycles. The Bertz CT molecular complexity index is 1290. The number of nitriles is 2. The highest BCUT2D eigenvalue weighted by Gasteiger charge is 2.63. The second-order valence-corrected chi connectivity index (χ2v) is 8.07. The van der Waals surface area contributed by atoms with Gasteiger partial charge in [0.2, 0.25) is 0 Å². The van der Waals surface area contributed by atoms with Crippen molar-refractivity contribution < 1.29 is 9.18 Å². The highest BCUT2D eigenvalue weighted by molar-refractivity contribution is 6.04. The van der Waals surface area contributed by atoms with Crippen LogP contribution in [0.25, 0.3) is 6.08 Å². The summed E-state index contributed by atoms with van der Waals surface area (Å²) in [4.78, 5) is 15.8. The number of rotatable bonds is 3. The van der Waals surface area contributed by atoms with Gasteiger partial charge in [0.15, 0.2) is 11.2 Å². The maximum absolute atomic E-state index is 13.9. The average molecular weight is 419 g/mol. The lowest BCUT2D eigenvalue weighted by Gasteiger charge is -2.35. The van der Waals surface area contributed by atoms with Crippen LogP contribution in [0, 0.1) is 33.9 Å². The van der Waals surface area contributed by atoms with Crippen molar-refractivity contribution in [1.82, 2.24) is 0 Å². The second kappa shape index (κ2) is 7.48. The zero-order valence-corrected chi connectivity index (χ0v) is 17.0. The highest BCUT2D eigenvalue weighted by atomic mass is 19.1. The summed E-state index contributed by atoms with van der Waals surface area (Å²) in [5, 5.41) is 20.7. The Labute approximate surface area is 185 Å². The largest absolute Gasteiger partial charge is 0.351 e. The summed E-state index contributed by atoms with van der Waals surface area (Å²) in [6, 6.07) is 25.4. The van der Waals surface area contributed by atoms with Crippen molar-refractivity contribution in [1.29, 1.82) is 10.5 Å². The molecular formula is C27H18FN3O. The number of nitrogens with zero attached hydrogens (tertiary/aromatic N) is 3. The van der Waals surface area contributed by atoms with Crippen molar-refractivity contribution in [3.8, 4) is 12.1 Å². The van der Waals surface area contributed by atoms with Gasteiger partial charge >= 0.3 is 0 Å². The molecule has 0 aliphatic carbocycles. The number of benzene rings is 3. The van der Waals surface area contributed by atoms with Crippen molar-refractivity contribution in [3.05, 3.63) is 107 Å². The van der Waals surface area contributed by atoms with Gasteiger partial charge in [-0.05, 0) is 29.3 Å². The van der Waals surface area contributed by atoms with E-state index in [0.29, 0.717) is 11.1 Å². The molecule has 5 heteroatoms. The van der Waals surface area contributed by atoms with Crippen molar-refractivity contribution in [2.75, 3.05) is 4.90 Å². The SMILES string of the molecule is N#CC1(C#N)[C@@H](c2ccc(F)cc2)[C@H](C(=O)c2ccccc2)N2c3ccccc3C=C[C@@H]21. The number of halogens is 1. The predicted molar refractivity (Wildman–Crippen MR) is 119 cm³/mol. The first-order valence-corrected chi connectivity index (χ1v) is 10.3. The van der Waals surface area contributed by atoms with E-state index in [1.807, 2.05) is 47.4 Å². The summed E-state index contributed by atoms with van der Waals surface area (Å²) in [7, 11) is 0. The van der Waals surface area contributed by atoms with E-state index in [-0.39, 0.29) is 5.78 Å². The van der Waals surface area contributed by atoms with Gasteiger partial charge in [0.1, 0.15) is 11.9 Å². The lowest BCUT2D eigenvalue weighted by Crippen LogP contribution is -2.44. The number of hydrogen-bond donors (Lipinski definition) is 0. The highest BCUT2D eigenvalue weighted by Crippen LogP contribution is 2.55. The lowest BCUT2D eigenvalue weighted by molar-refractivity contribution is 0.0951. The molecule has 0 bridgehead atoms. The molecule has 2 aliphatic heterocycles. The number of anilines is 1. The van der Waals surface area contributed by atoms with Crippen LogP contribution in [-0.4, -0.2) is 17.9 Å². The molecule has 0 aromatic heterocycles. The number of Topliss-reactive ketones (excluding diaryl/α,β-unsaturated/α-hetero) is 1. The van der Waals surface area contributed by atoms with E-state index < -0.39 is 29.2 Å². The summed E-state index contributed by atoms with van der Waals surface area (Å²) >= 11 is 0. The Kier molecular flexibility index (Phi) is 4.61. The number of para-hydroxylation sites is 1. The molecule has 3 aromatic rings. The van der Waals surface area contributed by atoms with Crippen LogP contribution in [-0.2, 0) is 0 Å². The Morgan fingerprint density at radius 2 is 1.56 bits per heavy atom. The molecular weight excluding hydrogens is 401 g/mol. The van der Waals surface area contributed by atoms with Gasteiger partial charge in [-0.3, -0.25) is 4.79 Å². The van der Waals surface area contributed by atoms with Crippen LogP contribution in [0.15, 0.2) is 84.9 Å². The summed E-state index contributed by atoms with van der Waals surface area (Å²) < 4.78 is 13.7. The number of carbonyl (C=O) groups excluding carboxylic acids is 1. The topological polar surface area (TPSA) is 67.9 Å². The van der Waals surface area contributed by atoms with E-state index in [0.717, 1.165) is 11.3 Å². The molecule has 0 unspecified atom stereocenters. The zero-order valence-electron chi connectivity index (χ0n) is 17.0. The minimum atomic E-state index is -1.53. The van der Waals surface area contributed by atoms with Crippen LogP contribution in [0.2, 0.25) is 0 Å². The van der Waals surface area contributed by atoms with E-state index in [1.165, 1.54) is 12.1 Å². The average Bonchev–Trinajstić information content (AvgIpc) is 3.15. The first-order valence-electron chi connectivity index (χ1n) is 10.3. The van der Waals surface area contributed by atoms with E-state index in [9.17, 15) is 19.7 Å². The molecule has 3 atom stereocenters. The maximum Gasteiger partial charge on any atom is 0.185 e. The molecule has 32 heavy (non-hydrogen) atoms. The van der Waals surface area contributed by atoms with E-state index >= 15 is 0 Å². The smallest absolute Gasteiger partial charge is 0.185 e. The fourth-order valence-electron chi connectivity index (χ4n) is 5.05. The molecule has 4 nitrogen and oxygen atoms in total. The molecule has 1 saturated heterocycles. The number of hydrogen-bond acceptors (Lipinski definition) is 4. The number of fused-ring (bicyclic) bond motifs is 3. The van der Waals surface area contributed by atoms with Gasteiger partial charge in [-0.1, -0.05) is 72.8 Å². The standard InChI is InChI=1S/C27H18FN3O/c28-21-13-10-19(11-14-21)24-25(26(32)20-7-2-1-3-8-20)31-22-9-5-4-6-18(22)12-15-23(31)27(24,16-29)17-30/h1-15,23-25H/t23-,24+,25-/m1/s1. The number of carbonyl (C=O) groups is 1. The minimum absolute atomic E-state index is 0.178. The van der Waals surface area contributed by atoms with Crippen LogP contribution in [0.3, 0.4) is 0 Å². The maximum atomic E-state index is 13.9. The molecule has 1 fully saturated rings. The van der Waals surface area contributed by atoms with Gasteiger partial charge in [0, 0.05) is 17.2 Å². The second-order valence-electron chi connectivity index (χ2n) is 8.07. The molecule has 0 N–H and O–H groups in total. The van der Waals surface area contributed by atoms with Crippen LogP contribution >= 0.6 is 0 Å². The number of ketones is 1. The van der Waals surface area contributed by atoms with Gasteiger partial charge < -0.3 is 4.90 Å². The Morgan fingerprint density at radius 1 is 0.906 bits per heavy atom. The van der Waals surface area contributed by atoms with Gasteiger partial charge in [0.25, 0.3) is 0 Å². The predicted octanol–water partition coefficient (Wildman–Crippen LogP) is 5.11. The molecule has 0 radical (unpaired) electrons. The third-order valence-corrected chi connectivity index (χ3v) is 6.47. The minimum Gasteiger partial charge on any atom is -0.351 e. The Morgan fingerprint density at radius 3 is 2.25 bits per heavy atom. The summed E-state index contributed by atoms with van der Waals surface area (Å²) in [5.41, 5.74) is 1.27. The third-order valence-electron chi connectivity index (χ3n) is 6.47. The normalized spacial score (nSPS) is 22.3. The lowest BCUT2D eigenvalue weighted by atomic mass is 9.69. The van der Waals surface area contributed by atoms with Crippen molar-refractivity contribution >= 4 is 17.5 Å². The Balaban J connectivity index is 1.79. The molecule has 5 rings (SSSR count). The third kappa shape index (κ3) is 2.76. The molecule has 2 aliphatic rings. The van der Waals surface area contributed by atoms with Crippen molar-refractivity contribution in [2.24, 2.45) is 5.41 Å². The van der Waals surface area contributed by atoms with E-state index in [1.54, 1.807) is 36.4 Å². The molecule has 3 aromatic carbocycles. The van der Waals surface area contributed by atoms with Crippen LogP contribution < -0.4 is 4.90 Å². The van der Waals surface area contributed by atoms with Crippen LogP contribution in [0.5, 0.6) is 0 Å². The fourth-order valence-corrected chi connectivity index (χ4v) is 5.05. The van der Waals surface area contributed by atoms with Gasteiger partial charge in [-0.15, -0.1) is 0 Å². The van der Waals surface area contributed by atoms with Crippen LogP contribution in [0.1, 0.15) is 27.4 Å². The van der Waals surface area contributed by atoms with Gasteiger partial charge in [0.05, 0.1) is 18.2 Å². The molecule has 2 heterocycles. The van der Waals surface area contributed by atoms with Gasteiger partial charge in [-0.2, -0.15) is 10.5 Å². The van der Waals surface area contributed by atoms with E-state index in [2.05, 4.69) is 12.1 Å². The molecule has 154 valence electrons. The van der Waals surface area contributed by atoms with Crippen LogP contribution in [0.4, 0.5) is 10.1 Å². The fraction of sp³-hybridized carbons (Fsp3) is 0.148. The van der Waals surface area contributed by atoms with Crippen molar-refractivity contribution in [2.45, 2.75) is 18.0 Å². The quantitative estimate of drug-likeness (QED) is 0.553. The summed E-state index contributed by atoms with van der Waals surface area (Å²) in [6.07, 6.45) is 3.74.